The van der Waals surface area contributed by atoms with E-state index in [-0.39, 0.29) is 11.5 Å². The molecule has 0 bridgehead atoms. The van der Waals surface area contributed by atoms with Crippen LogP contribution in [-0.2, 0) is 17.6 Å². The third-order valence-electron chi connectivity index (χ3n) is 5.73. The normalized spacial score (nSPS) is 15.0. The average molecular weight is 442 g/mol. The van der Waals surface area contributed by atoms with Gasteiger partial charge in [-0.3, -0.25) is 14.5 Å². The lowest BCUT2D eigenvalue weighted by Crippen LogP contribution is -2.47. The van der Waals surface area contributed by atoms with Crippen LogP contribution >= 0.6 is 0 Å². The molecule has 1 saturated heterocycles. The molecule has 0 radical (unpaired) electrons. The van der Waals surface area contributed by atoms with Gasteiger partial charge in [0.1, 0.15) is 11.6 Å². The topological polar surface area (TPSA) is 90.6 Å². The lowest BCUT2D eigenvalue weighted by atomic mass is 10.1. The maximum atomic E-state index is 12.6. The number of nitrogens with one attached hydrogen (secondary N) is 2. The SMILES string of the molecule is CCCOc1ccc(NC(=O)CN2CCN(C)CC2)cc1-c1nc(CC)c(CC)c(=O)[nH]1. The molecule has 0 aliphatic carbocycles. The molecule has 1 aromatic carbocycles. The van der Waals surface area contributed by atoms with Crippen molar-refractivity contribution in [3.8, 4) is 17.1 Å². The van der Waals surface area contributed by atoms with Gasteiger partial charge in [0.15, 0.2) is 0 Å². The van der Waals surface area contributed by atoms with Crippen molar-refractivity contribution in [2.75, 3.05) is 51.7 Å². The van der Waals surface area contributed by atoms with Gasteiger partial charge < -0.3 is 19.9 Å². The minimum atomic E-state index is -0.125. The van der Waals surface area contributed by atoms with E-state index >= 15 is 0 Å². The second-order valence-corrected chi connectivity index (χ2v) is 8.23. The van der Waals surface area contributed by atoms with Gasteiger partial charge >= 0.3 is 0 Å². The van der Waals surface area contributed by atoms with Crippen LogP contribution in [0.15, 0.2) is 23.0 Å². The number of H-pyrrole nitrogens is 1. The number of aryl methyl sites for hydroxylation is 1. The number of likely N-dealkylation sites (N-methyl/N-ethyl adjacent to an activating group) is 1. The van der Waals surface area contributed by atoms with Gasteiger partial charge in [-0.05, 0) is 44.5 Å². The molecule has 1 aromatic heterocycles. The first-order valence-corrected chi connectivity index (χ1v) is 11.5. The summed E-state index contributed by atoms with van der Waals surface area (Å²) in [5, 5.41) is 2.99. The first-order chi connectivity index (χ1) is 15.4. The van der Waals surface area contributed by atoms with E-state index in [2.05, 4.69) is 27.1 Å². The summed E-state index contributed by atoms with van der Waals surface area (Å²) in [5.41, 5.74) is 2.70. The Labute approximate surface area is 190 Å². The molecule has 2 aromatic rings. The number of rotatable bonds is 9. The zero-order chi connectivity index (χ0) is 23.1. The molecule has 2 heterocycles. The van der Waals surface area contributed by atoms with Crippen LogP contribution in [0.2, 0.25) is 0 Å². The molecule has 0 atom stereocenters. The third-order valence-corrected chi connectivity index (χ3v) is 5.73. The van der Waals surface area contributed by atoms with Crippen molar-refractivity contribution < 1.29 is 9.53 Å². The zero-order valence-electron chi connectivity index (χ0n) is 19.7. The highest BCUT2D eigenvalue weighted by Gasteiger charge is 2.18. The molecule has 2 N–H and O–H groups in total. The smallest absolute Gasteiger partial charge is 0.254 e. The molecule has 0 spiro atoms. The van der Waals surface area contributed by atoms with Crippen LogP contribution in [0.1, 0.15) is 38.4 Å². The molecule has 8 heteroatoms. The largest absolute Gasteiger partial charge is 0.493 e. The predicted octanol–water partition coefficient (Wildman–Crippen LogP) is 2.54. The van der Waals surface area contributed by atoms with Crippen molar-refractivity contribution in [3.63, 3.8) is 0 Å². The zero-order valence-corrected chi connectivity index (χ0v) is 19.7. The van der Waals surface area contributed by atoms with E-state index in [1.54, 1.807) is 0 Å². The second-order valence-electron chi connectivity index (χ2n) is 8.23. The molecular formula is C24H35N5O3. The Kier molecular flexibility index (Phi) is 8.41. The van der Waals surface area contributed by atoms with Crippen LogP contribution in [0.25, 0.3) is 11.4 Å². The Balaban J connectivity index is 1.86. The van der Waals surface area contributed by atoms with Crippen LogP contribution in [0, 0.1) is 0 Å². The lowest BCUT2D eigenvalue weighted by molar-refractivity contribution is -0.117. The fourth-order valence-electron chi connectivity index (χ4n) is 3.87. The number of nitrogens with zero attached hydrogens (tertiary/aromatic N) is 3. The molecule has 3 rings (SSSR count). The van der Waals surface area contributed by atoms with Crippen molar-refractivity contribution in [3.05, 3.63) is 39.8 Å². The molecule has 174 valence electrons. The van der Waals surface area contributed by atoms with Gasteiger partial charge in [-0.25, -0.2) is 4.98 Å². The Bertz CT molecular complexity index is 980. The predicted molar refractivity (Wildman–Crippen MR) is 127 cm³/mol. The van der Waals surface area contributed by atoms with Gasteiger partial charge in [-0.1, -0.05) is 20.8 Å². The minimum absolute atomic E-state index is 0.0558. The molecule has 1 aliphatic heterocycles. The highest BCUT2D eigenvalue weighted by atomic mass is 16.5. The third kappa shape index (κ3) is 5.95. The minimum Gasteiger partial charge on any atom is -0.493 e. The number of ether oxygens (including phenoxy) is 1. The Morgan fingerprint density at radius 2 is 1.91 bits per heavy atom. The number of piperazine rings is 1. The van der Waals surface area contributed by atoms with Crippen LogP contribution in [0.5, 0.6) is 5.75 Å². The van der Waals surface area contributed by atoms with E-state index in [1.807, 2.05) is 39.0 Å². The molecule has 1 amide bonds. The van der Waals surface area contributed by atoms with E-state index in [0.29, 0.717) is 54.4 Å². The first-order valence-electron chi connectivity index (χ1n) is 11.5. The molecule has 1 aliphatic rings. The van der Waals surface area contributed by atoms with Crippen molar-refractivity contribution in [2.24, 2.45) is 0 Å². The lowest BCUT2D eigenvalue weighted by Gasteiger charge is -2.31. The van der Waals surface area contributed by atoms with Gasteiger partial charge in [-0.15, -0.1) is 0 Å². The van der Waals surface area contributed by atoms with Crippen LogP contribution in [0.3, 0.4) is 0 Å². The summed E-state index contributed by atoms with van der Waals surface area (Å²) in [6.07, 6.45) is 2.17. The summed E-state index contributed by atoms with van der Waals surface area (Å²) in [4.78, 5) is 37.3. The maximum Gasteiger partial charge on any atom is 0.254 e. The molecule has 1 fully saturated rings. The number of aromatic nitrogens is 2. The van der Waals surface area contributed by atoms with Crippen molar-refractivity contribution >= 4 is 11.6 Å². The van der Waals surface area contributed by atoms with Gasteiger partial charge in [0.05, 0.1) is 24.4 Å². The second kappa shape index (κ2) is 11.2. The fraction of sp³-hybridized carbons (Fsp3) is 0.542. The Morgan fingerprint density at radius 3 is 2.56 bits per heavy atom. The molecule has 0 unspecified atom stereocenters. The number of hydrogen-bond acceptors (Lipinski definition) is 6. The molecule has 32 heavy (non-hydrogen) atoms. The number of carbonyl (C=O) groups is 1. The Hall–Kier alpha value is -2.71. The number of amides is 1. The van der Waals surface area contributed by atoms with Gasteiger partial charge in [0.2, 0.25) is 5.91 Å². The first kappa shape index (κ1) is 23.9. The molecule has 8 nitrogen and oxygen atoms in total. The van der Waals surface area contributed by atoms with E-state index in [9.17, 15) is 9.59 Å². The number of anilines is 1. The molecular weight excluding hydrogens is 406 g/mol. The summed E-state index contributed by atoms with van der Waals surface area (Å²) in [6.45, 7) is 10.6. The highest BCUT2D eigenvalue weighted by Crippen LogP contribution is 2.31. The van der Waals surface area contributed by atoms with Crippen molar-refractivity contribution in [2.45, 2.75) is 40.0 Å². The van der Waals surface area contributed by atoms with Gasteiger partial charge in [0.25, 0.3) is 5.56 Å². The van der Waals surface area contributed by atoms with Gasteiger partial charge in [0, 0.05) is 37.4 Å². The number of hydrogen-bond donors (Lipinski definition) is 2. The molecule has 0 saturated carbocycles. The summed E-state index contributed by atoms with van der Waals surface area (Å²) >= 11 is 0. The fourth-order valence-corrected chi connectivity index (χ4v) is 3.87. The highest BCUT2D eigenvalue weighted by molar-refractivity contribution is 5.93. The summed E-state index contributed by atoms with van der Waals surface area (Å²) in [6, 6.07) is 5.49. The maximum absolute atomic E-state index is 12.6. The van der Waals surface area contributed by atoms with Crippen molar-refractivity contribution in [1.29, 1.82) is 0 Å². The monoisotopic (exact) mass is 441 g/mol. The summed E-state index contributed by atoms with van der Waals surface area (Å²) in [7, 11) is 2.09. The van der Waals surface area contributed by atoms with Crippen LogP contribution in [-0.4, -0.2) is 72.1 Å². The van der Waals surface area contributed by atoms with Crippen molar-refractivity contribution in [1.82, 2.24) is 19.8 Å². The number of benzene rings is 1. The van der Waals surface area contributed by atoms with E-state index in [1.165, 1.54) is 0 Å². The Morgan fingerprint density at radius 1 is 1.16 bits per heavy atom. The number of aromatic amines is 1. The van der Waals surface area contributed by atoms with E-state index < -0.39 is 0 Å². The van der Waals surface area contributed by atoms with Crippen LogP contribution in [0.4, 0.5) is 5.69 Å². The van der Waals surface area contributed by atoms with Crippen LogP contribution < -0.4 is 15.6 Å². The quantitative estimate of drug-likeness (QED) is 0.622. The van der Waals surface area contributed by atoms with Gasteiger partial charge in [-0.2, -0.15) is 0 Å². The number of carbonyl (C=O) groups excluding carboxylic acids is 1. The average Bonchev–Trinajstić information content (AvgIpc) is 2.79. The standard InChI is InChI=1S/C24H35N5O3/c1-5-14-32-21-9-8-17(25-22(30)16-29-12-10-28(4)11-13-29)15-19(21)23-26-20(7-3)18(6-2)24(31)27-23/h8-9,15H,5-7,10-14,16H2,1-4H3,(H,25,30)(H,26,27,31). The summed E-state index contributed by atoms with van der Waals surface area (Å²) < 4.78 is 5.91. The van der Waals surface area contributed by atoms with E-state index in [4.69, 9.17) is 9.72 Å². The summed E-state index contributed by atoms with van der Waals surface area (Å²) in [5.74, 6) is 1.04. The van der Waals surface area contributed by atoms with E-state index in [0.717, 1.165) is 38.3 Å².